The molecule has 146 valence electrons. The summed E-state index contributed by atoms with van der Waals surface area (Å²) in [6, 6.07) is 0.472. The molecule has 0 N–H and O–H groups in total. The van der Waals surface area contributed by atoms with Gasteiger partial charge >= 0.3 is 0 Å². The predicted molar refractivity (Wildman–Crippen MR) is 102 cm³/mol. The van der Waals surface area contributed by atoms with Crippen molar-refractivity contribution in [3.8, 4) is 0 Å². The highest BCUT2D eigenvalue weighted by Crippen LogP contribution is 2.44. The first-order chi connectivity index (χ1) is 12.6. The summed E-state index contributed by atoms with van der Waals surface area (Å²) in [4.78, 5) is 2.64. The molecule has 2 heterocycles. The van der Waals surface area contributed by atoms with Crippen molar-refractivity contribution in [2.45, 2.75) is 89.6 Å². The Labute approximate surface area is 158 Å². The van der Waals surface area contributed by atoms with E-state index in [-0.39, 0.29) is 5.60 Å². The molecule has 1 aliphatic heterocycles. The fraction of sp³-hybridized carbons (Fsp3) is 0.857. The van der Waals surface area contributed by atoms with Crippen molar-refractivity contribution >= 4 is 0 Å². The number of fused-ring (bicyclic) bond motifs is 1. The lowest BCUT2D eigenvalue weighted by Crippen LogP contribution is -2.51. The maximum atomic E-state index is 6.26. The van der Waals surface area contributed by atoms with E-state index in [1.807, 2.05) is 7.11 Å². The van der Waals surface area contributed by atoms with Gasteiger partial charge in [0.05, 0.1) is 17.9 Å². The predicted octanol–water partition coefficient (Wildman–Crippen LogP) is 3.54. The van der Waals surface area contributed by atoms with E-state index in [2.05, 4.69) is 34.7 Å². The zero-order valence-corrected chi connectivity index (χ0v) is 16.7. The average Bonchev–Trinajstić information content (AvgIpc) is 3.34. The third-order valence-electron chi connectivity index (χ3n) is 6.93. The van der Waals surface area contributed by atoms with Crippen molar-refractivity contribution in [1.29, 1.82) is 0 Å². The Kier molecular flexibility index (Phi) is 5.40. The lowest BCUT2D eigenvalue weighted by atomic mass is 9.79. The molecule has 1 aromatic rings. The zero-order chi connectivity index (χ0) is 18.1. The monoisotopic (exact) mass is 361 g/mol. The topological polar surface area (TPSA) is 39.5 Å². The summed E-state index contributed by atoms with van der Waals surface area (Å²) >= 11 is 0. The van der Waals surface area contributed by atoms with E-state index in [4.69, 9.17) is 9.47 Å². The largest absolute Gasteiger partial charge is 0.378 e. The van der Waals surface area contributed by atoms with E-state index in [1.54, 1.807) is 0 Å². The maximum absolute atomic E-state index is 6.26. The van der Waals surface area contributed by atoms with Gasteiger partial charge in [-0.15, -0.1) is 0 Å². The van der Waals surface area contributed by atoms with Crippen LogP contribution >= 0.6 is 0 Å². The molecule has 2 aliphatic carbocycles. The lowest BCUT2D eigenvalue weighted by Gasteiger charge is -2.43. The number of hydrogen-bond donors (Lipinski definition) is 0. The van der Waals surface area contributed by atoms with Gasteiger partial charge in [0.25, 0.3) is 0 Å². The van der Waals surface area contributed by atoms with E-state index in [1.165, 1.54) is 24.1 Å². The molecule has 1 saturated heterocycles. The van der Waals surface area contributed by atoms with E-state index in [0.717, 1.165) is 64.3 Å². The summed E-state index contributed by atoms with van der Waals surface area (Å²) in [7, 11) is 1.91. The Morgan fingerprint density at radius 1 is 1.27 bits per heavy atom. The number of nitrogens with zero attached hydrogens (tertiary/aromatic N) is 3. The van der Waals surface area contributed by atoms with Crippen LogP contribution in [-0.4, -0.2) is 52.7 Å². The van der Waals surface area contributed by atoms with Crippen LogP contribution in [0.2, 0.25) is 0 Å². The van der Waals surface area contributed by atoms with Gasteiger partial charge in [0.1, 0.15) is 0 Å². The van der Waals surface area contributed by atoms with Crippen molar-refractivity contribution < 1.29 is 9.47 Å². The molecule has 0 spiro atoms. The Morgan fingerprint density at radius 3 is 2.85 bits per heavy atom. The summed E-state index contributed by atoms with van der Waals surface area (Å²) in [5.41, 5.74) is 2.72. The highest BCUT2D eigenvalue weighted by molar-refractivity contribution is 5.18. The molecule has 0 bridgehead atoms. The molecule has 4 rings (SSSR count). The van der Waals surface area contributed by atoms with Gasteiger partial charge in [-0.05, 0) is 57.8 Å². The van der Waals surface area contributed by atoms with Crippen LogP contribution in [-0.2, 0) is 22.6 Å². The van der Waals surface area contributed by atoms with E-state index < -0.39 is 0 Å². The normalized spacial score (nSPS) is 32.1. The van der Waals surface area contributed by atoms with Crippen LogP contribution < -0.4 is 0 Å². The fourth-order valence-electron chi connectivity index (χ4n) is 4.95. The number of rotatable bonds is 8. The molecule has 1 aromatic heterocycles. The lowest BCUT2D eigenvalue weighted by molar-refractivity contribution is -0.103. The van der Waals surface area contributed by atoms with Gasteiger partial charge in [0, 0.05) is 50.7 Å². The molecule has 0 unspecified atom stereocenters. The second kappa shape index (κ2) is 7.61. The summed E-state index contributed by atoms with van der Waals surface area (Å²) in [5, 5.41) is 4.59. The van der Waals surface area contributed by atoms with Crippen molar-refractivity contribution in [3.05, 3.63) is 17.5 Å². The second-order valence-corrected chi connectivity index (χ2v) is 8.66. The van der Waals surface area contributed by atoms with Gasteiger partial charge in [0.2, 0.25) is 0 Å². The molecule has 3 atom stereocenters. The van der Waals surface area contributed by atoms with E-state index >= 15 is 0 Å². The van der Waals surface area contributed by atoms with E-state index in [0.29, 0.717) is 12.1 Å². The van der Waals surface area contributed by atoms with Crippen LogP contribution in [0.5, 0.6) is 0 Å². The first-order valence-electron chi connectivity index (χ1n) is 10.6. The van der Waals surface area contributed by atoms with Crippen molar-refractivity contribution in [2.75, 3.05) is 20.3 Å². The van der Waals surface area contributed by atoms with Crippen molar-refractivity contribution in [2.24, 2.45) is 5.92 Å². The zero-order valence-electron chi connectivity index (χ0n) is 16.7. The highest BCUT2D eigenvalue weighted by atomic mass is 16.5. The molecular formula is C21H35N3O2. The SMILES string of the molecule is CCCn1ncc(CN2CC[C@]3(OC)CC[C@H](OCC4CC4)C[C@H]23)c1C. The van der Waals surface area contributed by atoms with Gasteiger partial charge < -0.3 is 9.47 Å². The summed E-state index contributed by atoms with van der Waals surface area (Å²) in [5.74, 6) is 0.843. The van der Waals surface area contributed by atoms with Gasteiger partial charge in [0.15, 0.2) is 0 Å². The molecular weight excluding hydrogens is 326 g/mol. The summed E-state index contributed by atoms with van der Waals surface area (Å²) in [6.45, 7) is 8.50. The minimum absolute atomic E-state index is 0.0345. The van der Waals surface area contributed by atoms with Crippen LogP contribution in [0.15, 0.2) is 6.20 Å². The Balaban J connectivity index is 1.44. The Hall–Kier alpha value is -0.910. The van der Waals surface area contributed by atoms with E-state index in [9.17, 15) is 0 Å². The molecule has 0 aromatic carbocycles. The van der Waals surface area contributed by atoms with Crippen LogP contribution in [0.1, 0.15) is 63.1 Å². The molecule has 2 saturated carbocycles. The number of aryl methyl sites for hydroxylation is 1. The standard InChI is InChI=1S/C21H35N3O2/c1-4-10-24-16(2)18(13-22-24)14-23-11-9-21(25-3)8-7-19(12-20(21)23)26-15-17-5-6-17/h13,17,19-20H,4-12,14-15H2,1-3H3/t19-,20-,21+/m0/s1. The average molecular weight is 362 g/mol. The Bertz CT molecular complexity index is 612. The molecule has 5 nitrogen and oxygen atoms in total. The smallest absolute Gasteiger partial charge is 0.0847 e. The molecule has 0 amide bonds. The van der Waals surface area contributed by atoms with Gasteiger partial charge in [-0.3, -0.25) is 9.58 Å². The number of methoxy groups -OCH3 is 1. The van der Waals surface area contributed by atoms with Gasteiger partial charge in [-0.2, -0.15) is 5.10 Å². The number of hydrogen-bond acceptors (Lipinski definition) is 4. The van der Waals surface area contributed by atoms with Crippen molar-refractivity contribution in [3.63, 3.8) is 0 Å². The molecule has 5 heteroatoms. The fourth-order valence-corrected chi connectivity index (χ4v) is 4.95. The maximum Gasteiger partial charge on any atom is 0.0847 e. The first-order valence-corrected chi connectivity index (χ1v) is 10.6. The highest BCUT2D eigenvalue weighted by Gasteiger charge is 2.51. The van der Waals surface area contributed by atoms with Crippen LogP contribution in [0, 0.1) is 12.8 Å². The third kappa shape index (κ3) is 3.58. The molecule has 3 aliphatic rings. The number of likely N-dealkylation sites (tertiary alicyclic amines) is 1. The van der Waals surface area contributed by atoms with Gasteiger partial charge in [-0.25, -0.2) is 0 Å². The summed E-state index contributed by atoms with van der Waals surface area (Å²) in [6.07, 6.45) is 10.9. The third-order valence-corrected chi connectivity index (χ3v) is 6.93. The van der Waals surface area contributed by atoms with Crippen LogP contribution in [0.4, 0.5) is 0 Å². The molecule has 0 radical (unpaired) electrons. The Morgan fingerprint density at radius 2 is 2.12 bits per heavy atom. The minimum atomic E-state index is 0.0345. The first kappa shape index (κ1) is 18.5. The number of ether oxygens (including phenoxy) is 2. The number of aromatic nitrogens is 2. The molecule has 3 fully saturated rings. The summed E-state index contributed by atoms with van der Waals surface area (Å²) < 4.78 is 14.5. The second-order valence-electron chi connectivity index (χ2n) is 8.66. The van der Waals surface area contributed by atoms with Crippen molar-refractivity contribution in [1.82, 2.24) is 14.7 Å². The molecule has 26 heavy (non-hydrogen) atoms. The quantitative estimate of drug-likeness (QED) is 0.710. The minimum Gasteiger partial charge on any atom is -0.378 e. The van der Waals surface area contributed by atoms with Crippen LogP contribution in [0.3, 0.4) is 0 Å². The van der Waals surface area contributed by atoms with Crippen LogP contribution in [0.25, 0.3) is 0 Å². The van der Waals surface area contributed by atoms with Gasteiger partial charge in [-0.1, -0.05) is 6.92 Å².